The van der Waals surface area contributed by atoms with Gasteiger partial charge in [-0.1, -0.05) is 0 Å². The number of amides is 1. The maximum Gasteiger partial charge on any atom is 0.240 e. The van der Waals surface area contributed by atoms with Crippen molar-refractivity contribution in [2.24, 2.45) is 0 Å². The van der Waals surface area contributed by atoms with E-state index in [1.54, 1.807) is 6.07 Å². The van der Waals surface area contributed by atoms with Gasteiger partial charge in [-0.2, -0.15) is 0 Å². The van der Waals surface area contributed by atoms with Crippen molar-refractivity contribution >= 4 is 21.6 Å². The SMILES string of the molecule is O=C(CCCNS(=O)(=O)c1ccc2c(c1)OCCCO2)Nc1ccc(F)c(F)c1. The van der Waals surface area contributed by atoms with Crippen LogP contribution in [0.3, 0.4) is 0 Å². The zero-order chi connectivity index (χ0) is 20.9. The third kappa shape index (κ3) is 5.64. The zero-order valence-corrected chi connectivity index (χ0v) is 16.2. The number of ether oxygens (including phenoxy) is 2. The molecule has 2 N–H and O–H groups in total. The van der Waals surface area contributed by atoms with Crippen molar-refractivity contribution < 1.29 is 31.5 Å². The molecular weight excluding hydrogens is 406 g/mol. The van der Waals surface area contributed by atoms with E-state index in [1.807, 2.05) is 0 Å². The summed E-state index contributed by atoms with van der Waals surface area (Å²) >= 11 is 0. The molecule has 3 rings (SSSR count). The van der Waals surface area contributed by atoms with Crippen LogP contribution in [0.15, 0.2) is 41.3 Å². The summed E-state index contributed by atoms with van der Waals surface area (Å²) in [5.74, 6) is -1.64. The Morgan fingerprint density at radius 2 is 1.76 bits per heavy atom. The van der Waals surface area contributed by atoms with E-state index in [4.69, 9.17) is 9.47 Å². The average molecular weight is 426 g/mol. The van der Waals surface area contributed by atoms with Crippen LogP contribution in [0.4, 0.5) is 14.5 Å². The lowest BCUT2D eigenvalue weighted by Gasteiger charge is -2.11. The summed E-state index contributed by atoms with van der Waals surface area (Å²) in [6, 6.07) is 7.40. The molecule has 2 aromatic carbocycles. The Labute approximate surface area is 167 Å². The van der Waals surface area contributed by atoms with Crippen LogP contribution in [-0.2, 0) is 14.8 Å². The molecule has 1 amide bonds. The molecule has 156 valence electrons. The Bertz CT molecular complexity index is 998. The highest BCUT2D eigenvalue weighted by Crippen LogP contribution is 2.31. The molecule has 0 saturated heterocycles. The van der Waals surface area contributed by atoms with Crippen molar-refractivity contribution in [3.8, 4) is 11.5 Å². The number of anilines is 1. The average Bonchev–Trinajstić information content (AvgIpc) is 2.93. The van der Waals surface area contributed by atoms with Crippen LogP contribution in [0.2, 0.25) is 0 Å². The standard InChI is InChI=1S/C19H20F2N2O5S/c20-15-6-4-13(11-16(15)21)23-19(24)3-1-8-22-29(25,26)14-5-7-17-18(12-14)28-10-2-9-27-17/h4-7,11-12,22H,1-3,8-10H2,(H,23,24). The normalized spacial score (nSPS) is 13.6. The van der Waals surface area contributed by atoms with E-state index in [1.165, 1.54) is 18.2 Å². The maximum atomic E-state index is 13.1. The monoisotopic (exact) mass is 426 g/mol. The molecular formula is C19H20F2N2O5S. The van der Waals surface area contributed by atoms with Crippen LogP contribution >= 0.6 is 0 Å². The summed E-state index contributed by atoms with van der Waals surface area (Å²) in [7, 11) is -3.78. The van der Waals surface area contributed by atoms with E-state index in [2.05, 4.69) is 10.0 Å². The predicted octanol–water partition coefficient (Wildman–Crippen LogP) is 2.82. The Morgan fingerprint density at radius 1 is 1.00 bits per heavy atom. The van der Waals surface area contributed by atoms with Gasteiger partial charge in [0.15, 0.2) is 23.1 Å². The molecule has 0 spiro atoms. The summed E-state index contributed by atoms with van der Waals surface area (Å²) in [6.45, 7) is 0.975. The first-order chi connectivity index (χ1) is 13.8. The lowest BCUT2D eigenvalue weighted by atomic mass is 10.2. The van der Waals surface area contributed by atoms with Gasteiger partial charge >= 0.3 is 0 Å². The zero-order valence-electron chi connectivity index (χ0n) is 15.4. The topological polar surface area (TPSA) is 93.7 Å². The third-order valence-electron chi connectivity index (χ3n) is 4.11. The quantitative estimate of drug-likeness (QED) is 0.664. The Hall–Kier alpha value is -2.72. The Balaban J connectivity index is 1.49. The van der Waals surface area contributed by atoms with Gasteiger partial charge in [0, 0.05) is 37.2 Å². The molecule has 0 aliphatic carbocycles. The second kappa shape index (κ2) is 9.19. The van der Waals surface area contributed by atoms with E-state index < -0.39 is 27.6 Å². The minimum Gasteiger partial charge on any atom is -0.490 e. The number of hydrogen-bond acceptors (Lipinski definition) is 5. The first-order valence-corrected chi connectivity index (χ1v) is 10.5. The van der Waals surface area contributed by atoms with Crippen LogP contribution in [0.25, 0.3) is 0 Å². The second-order valence-corrected chi connectivity index (χ2v) is 8.10. The lowest BCUT2D eigenvalue weighted by molar-refractivity contribution is -0.116. The largest absolute Gasteiger partial charge is 0.490 e. The van der Waals surface area contributed by atoms with Crippen LogP contribution in [0.1, 0.15) is 19.3 Å². The number of benzene rings is 2. The number of carbonyl (C=O) groups excluding carboxylic acids is 1. The fourth-order valence-corrected chi connectivity index (χ4v) is 3.74. The molecule has 0 radical (unpaired) electrons. The molecule has 1 heterocycles. The van der Waals surface area contributed by atoms with Gasteiger partial charge in [0.05, 0.1) is 18.1 Å². The summed E-state index contributed by atoms with van der Waals surface area (Å²) < 4.78 is 64.3. The van der Waals surface area contributed by atoms with E-state index in [0.29, 0.717) is 31.1 Å². The summed E-state index contributed by atoms with van der Waals surface area (Å²) in [4.78, 5) is 11.9. The molecule has 10 heteroatoms. The van der Waals surface area contributed by atoms with E-state index in [-0.39, 0.29) is 30.0 Å². The number of fused-ring (bicyclic) bond motifs is 1. The van der Waals surface area contributed by atoms with Gasteiger partial charge in [-0.3, -0.25) is 4.79 Å². The first kappa shape index (κ1) is 21.0. The van der Waals surface area contributed by atoms with Crippen molar-refractivity contribution in [1.29, 1.82) is 0 Å². The number of halogens is 2. The predicted molar refractivity (Wildman–Crippen MR) is 101 cm³/mol. The summed E-state index contributed by atoms with van der Waals surface area (Å²) in [5.41, 5.74) is 0.127. The van der Waals surface area contributed by atoms with Crippen molar-refractivity contribution in [2.75, 3.05) is 25.1 Å². The van der Waals surface area contributed by atoms with Crippen LogP contribution in [0.5, 0.6) is 11.5 Å². The minimum absolute atomic E-state index is 0.00263. The second-order valence-electron chi connectivity index (χ2n) is 6.34. The fraction of sp³-hybridized carbons (Fsp3) is 0.316. The highest BCUT2D eigenvalue weighted by molar-refractivity contribution is 7.89. The maximum absolute atomic E-state index is 13.1. The Morgan fingerprint density at radius 3 is 2.52 bits per heavy atom. The van der Waals surface area contributed by atoms with Crippen LogP contribution in [0, 0.1) is 11.6 Å². The van der Waals surface area contributed by atoms with Crippen molar-refractivity contribution in [1.82, 2.24) is 4.72 Å². The molecule has 0 unspecified atom stereocenters. The molecule has 1 aliphatic heterocycles. The molecule has 0 aromatic heterocycles. The van der Waals surface area contributed by atoms with Gasteiger partial charge in [-0.25, -0.2) is 21.9 Å². The van der Waals surface area contributed by atoms with Gasteiger partial charge in [-0.15, -0.1) is 0 Å². The molecule has 0 bridgehead atoms. The first-order valence-electron chi connectivity index (χ1n) is 8.99. The molecule has 0 fully saturated rings. The van der Waals surface area contributed by atoms with Gasteiger partial charge in [0.25, 0.3) is 0 Å². The molecule has 0 atom stereocenters. The van der Waals surface area contributed by atoms with Crippen LogP contribution in [-0.4, -0.2) is 34.1 Å². The number of carbonyl (C=O) groups is 1. The van der Waals surface area contributed by atoms with Gasteiger partial charge in [0.1, 0.15) is 0 Å². The molecule has 7 nitrogen and oxygen atoms in total. The number of hydrogen-bond donors (Lipinski definition) is 2. The number of sulfonamides is 1. The minimum atomic E-state index is -3.78. The molecule has 1 aliphatic rings. The van der Waals surface area contributed by atoms with Crippen LogP contribution < -0.4 is 19.5 Å². The van der Waals surface area contributed by atoms with Crippen molar-refractivity contribution in [2.45, 2.75) is 24.2 Å². The molecule has 2 aromatic rings. The van der Waals surface area contributed by atoms with Gasteiger partial charge < -0.3 is 14.8 Å². The van der Waals surface area contributed by atoms with Crippen molar-refractivity contribution in [3.05, 3.63) is 48.0 Å². The number of nitrogens with one attached hydrogen (secondary N) is 2. The molecule has 0 saturated carbocycles. The molecule has 29 heavy (non-hydrogen) atoms. The fourth-order valence-electron chi connectivity index (χ4n) is 2.65. The highest BCUT2D eigenvalue weighted by Gasteiger charge is 2.18. The van der Waals surface area contributed by atoms with Gasteiger partial charge in [-0.05, 0) is 30.7 Å². The number of rotatable bonds is 7. The summed E-state index contributed by atoms with van der Waals surface area (Å²) in [5, 5.41) is 2.43. The van der Waals surface area contributed by atoms with E-state index in [9.17, 15) is 22.0 Å². The van der Waals surface area contributed by atoms with E-state index >= 15 is 0 Å². The lowest BCUT2D eigenvalue weighted by Crippen LogP contribution is -2.25. The van der Waals surface area contributed by atoms with E-state index in [0.717, 1.165) is 12.1 Å². The highest BCUT2D eigenvalue weighted by atomic mass is 32.2. The van der Waals surface area contributed by atoms with Crippen molar-refractivity contribution in [3.63, 3.8) is 0 Å². The third-order valence-corrected chi connectivity index (χ3v) is 5.56. The Kier molecular flexibility index (Phi) is 6.65. The van der Waals surface area contributed by atoms with Gasteiger partial charge in [0.2, 0.25) is 15.9 Å². The summed E-state index contributed by atoms with van der Waals surface area (Å²) in [6.07, 6.45) is 0.934. The smallest absolute Gasteiger partial charge is 0.240 e.